The molecule has 0 unspecified atom stereocenters. The zero-order chi connectivity index (χ0) is 24.5. The normalized spacial score (nSPS) is 11.8. The fourth-order valence-electron chi connectivity index (χ4n) is 3.66. The van der Waals surface area contributed by atoms with Crippen molar-refractivity contribution in [3.05, 3.63) is 89.0 Å². The summed E-state index contributed by atoms with van der Waals surface area (Å²) in [6.07, 6.45) is 0. The van der Waals surface area contributed by atoms with Gasteiger partial charge in [0.2, 0.25) is 0 Å². The minimum atomic E-state index is -3.90. The first-order chi connectivity index (χ1) is 16.2. The fraction of sp³-hybridized carbons (Fsp3) is 0.200. The molecule has 0 radical (unpaired) electrons. The fourth-order valence-corrected chi connectivity index (χ4v) is 5.70. The van der Waals surface area contributed by atoms with E-state index in [9.17, 15) is 13.2 Å². The largest absolute Gasteiger partial charge is 0.288 e. The Bertz CT molecular complexity index is 1450. The third kappa shape index (κ3) is 4.74. The molecule has 0 aliphatic heterocycles. The van der Waals surface area contributed by atoms with Crippen molar-refractivity contribution in [1.82, 2.24) is 9.45 Å². The summed E-state index contributed by atoms with van der Waals surface area (Å²) >= 11 is 1.45. The van der Waals surface area contributed by atoms with Gasteiger partial charge < -0.3 is 0 Å². The van der Waals surface area contributed by atoms with E-state index in [2.05, 4.69) is 6.07 Å². The number of hydroxylamine groups is 1. The molecule has 0 N–H and O–H groups in total. The molecular weight excluding hydrogens is 470 g/mol. The summed E-state index contributed by atoms with van der Waals surface area (Å²) < 4.78 is 27.2. The van der Waals surface area contributed by atoms with Gasteiger partial charge in [-0.1, -0.05) is 58.3 Å². The number of benzene rings is 3. The van der Waals surface area contributed by atoms with Gasteiger partial charge in [-0.3, -0.25) is 14.5 Å². The molecule has 0 saturated carbocycles. The molecule has 1 heterocycles. The van der Waals surface area contributed by atoms with Crippen LogP contribution < -0.4 is 4.90 Å². The molecule has 9 heteroatoms. The van der Waals surface area contributed by atoms with Crippen LogP contribution in [0.2, 0.25) is 0 Å². The summed E-state index contributed by atoms with van der Waals surface area (Å²) in [5.41, 5.74) is 4.21. The molecular formula is C25H25N3O4S2. The maximum absolute atomic E-state index is 13.7. The Kier molecular flexibility index (Phi) is 6.81. The van der Waals surface area contributed by atoms with Crippen LogP contribution in [-0.2, 0) is 21.4 Å². The van der Waals surface area contributed by atoms with Gasteiger partial charge in [0.25, 0.3) is 15.9 Å². The number of hydrogen-bond donors (Lipinski definition) is 0. The molecule has 1 aromatic heterocycles. The standard InChI is InChI=1S/C25H25N3O4S2/c1-17-13-18(2)23-22(14-17)26-25(33-23)28(16-19-9-6-5-7-10-19)24(29)20-11-8-12-21(15-20)34(30,31)27(3)32-4/h5-15H,16H2,1-4H3. The lowest BCUT2D eigenvalue weighted by Crippen LogP contribution is -2.31. The molecule has 4 rings (SSSR count). The summed E-state index contributed by atoms with van der Waals surface area (Å²) in [5, 5.41) is 0.555. The highest BCUT2D eigenvalue weighted by molar-refractivity contribution is 7.89. The molecule has 0 saturated heterocycles. The summed E-state index contributed by atoms with van der Waals surface area (Å²) in [6.45, 7) is 4.34. The van der Waals surface area contributed by atoms with Crippen LogP contribution in [0.3, 0.4) is 0 Å². The Labute approximate surface area is 203 Å². The highest BCUT2D eigenvalue weighted by atomic mass is 32.2. The van der Waals surface area contributed by atoms with Crippen LogP contribution in [-0.4, -0.2) is 37.9 Å². The van der Waals surface area contributed by atoms with Gasteiger partial charge in [-0.15, -0.1) is 0 Å². The summed E-state index contributed by atoms with van der Waals surface area (Å²) in [5.74, 6) is -0.339. The SMILES string of the molecule is CON(C)S(=O)(=O)c1cccc(C(=O)N(Cc2ccccc2)c2nc3cc(C)cc(C)c3s2)c1. The van der Waals surface area contributed by atoms with Gasteiger partial charge in [-0.05, 0) is 54.8 Å². The van der Waals surface area contributed by atoms with Gasteiger partial charge in [-0.25, -0.2) is 13.4 Å². The number of aryl methyl sites for hydroxylation is 2. The van der Waals surface area contributed by atoms with Crippen LogP contribution in [0, 0.1) is 13.8 Å². The van der Waals surface area contributed by atoms with Gasteiger partial charge in [-0.2, -0.15) is 0 Å². The highest BCUT2D eigenvalue weighted by Crippen LogP contribution is 2.34. The number of carbonyl (C=O) groups is 1. The van der Waals surface area contributed by atoms with Gasteiger partial charge in [0, 0.05) is 12.6 Å². The summed E-state index contributed by atoms with van der Waals surface area (Å²) in [7, 11) is -1.33. The monoisotopic (exact) mass is 495 g/mol. The van der Waals surface area contributed by atoms with Gasteiger partial charge in [0.15, 0.2) is 5.13 Å². The van der Waals surface area contributed by atoms with E-state index in [4.69, 9.17) is 9.82 Å². The van der Waals surface area contributed by atoms with Crippen molar-refractivity contribution < 1.29 is 18.0 Å². The number of hydrogen-bond acceptors (Lipinski definition) is 6. The minimum Gasteiger partial charge on any atom is -0.288 e. The van der Waals surface area contributed by atoms with Crippen LogP contribution in [0.25, 0.3) is 10.2 Å². The molecule has 0 atom stereocenters. The van der Waals surface area contributed by atoms with Crippen molar-refractivity contribution >= 4 is 42.6 Å². The topological polar surface area (TPSA) is 79.8 Å². The van der Waals surface area contributed by atoms with E-state index in [0.29, 0.717) is 11.7 Å². The first-order valence-electron chi connectivity index (χ1n) is 10.6. The van der Waals surface area contributed by atoms with Gasteiger partial charge in [0.1, 0.15) is 0 Å². The highest BCUT2D eigenvalue weighted by Gasteiger charge is 2.26. The van der Waals surface area contributed by atoms with Crippen LogP contribution in [0.1, 0.15) is 27.0 Å². The Balaban J connectivity index is 1.79. The molecule has 176 valence electrons. The van der Waals surface area contributed by atoms with Crippen molar-refractivity contribution in [3.8, 4) is 0 Å². The van der Waals surface area contributed by atoms with Crippen LogP contribution in [0.15, 0.2) is 71.6 Å². The van der Waals surface area contributed by atoms with Crippen molar-refractivity contribution in [3.63, 3.8) is 0 Å². The predicted octanol–water partition coefficient (Wildman–Crippen LogP) is 4.94. The van der Waals surface area contributed by atoms with E-state index in [1.54, 1.807) is 17.0 Å². The first-order valence-corrected chi connectivity index (χ1v) is 12.8. The lowest BCUT2D eigenvalue weighted by molar-refractivity contribution is -0.0258. The van der Waals surface area contributed by atoms with E-state index in [1.165, 1.54) is 37.6 Å². The zero-order valence-corrected chi connectivity index (χ0v) is 21.0. The Morgan fingerprint density at radius 3 is 2.47 bits per heavy atom. The average Bonchev–Trinajstić information content (AvgIpc) is 3.26. The van der Waals surface area contributed by atoms with Crippen molar-refractivity contribution in [2.45, 2.75) is 25.3 Å². The number of thiazole rings is 1. The van der Waals surface area contributed by atoms with Crippen molar-refractivity contribution in [2.75, 3.05) is 19.1 Å². The minimum absolute atomic E-state index is 0.0295. The van der Waals surface area contributed by atoms with Crippen LogP contribution >= 0.6 is 11.3 Å². The maximum atomic E-state index is 13.7. The predicted molar refractivity (Wildman–Crippen MR) is 134 cm³/mol. The molecule has 0 aliphatic rings. The molecule has 3 aromatic carbocycles. The average molecular weight is 496 g/mol. The number of amides is 1. The van der Waals surface area contributed by atoms with E-state index < -0.39 is 10.0 Å². The number of fused-ring (bicyclic) bond motifs is 1. The number of sulfonamides is 1. The lowest BCUT2D eigenvalue weighted by atomic mass is 10.1. The quantitative estimate of drug-likeness (QED) is 0.339. The number of aromatic nitrogens is 1. The van der Waals surface area contributed by atoms with E-state index in [1.807, 2.05) is 50.2 Å². The smallest absolute Gasteiger partial charge is 0.264 e. The summed E-state index contributed by atoms with van der Waals surface area (Å²) in [6, 6.07) is 19.7. The molecule has 4 aromatic rings. The molecule has 1 amide bonds. The van der Waals surface area contributed by atoms with Crippen molar-refractivity contribution in [1.29, 1.82) is 0 Å². The third-order valence-electron chi connectivity index (χ3n) is 5.44. The molecule has 0 bridgehead atoms. The zero-order valence-electron chi connectivity index (χ0n) is 19.3. The van der Waals surface area contributed by atoms with Crippen LogP contribution in [0.5, 0.6) is 0 Å². The third-order valence-corrected chi connectivity index (χ3v) is 8.35. The molecule has 0 fully saturated rings. The first kappa shape index (κ1) is 24.0. The van der Waals surface area contributed by atoms with Crippen molar-refractivity contribution in [2.24, 2.45) is 0 Å². The Morgan fingerprint density at radius 1 is 1.03 bits per heavy atom. The van der Waals surface area contributed by atoms with E-state index >= 15 is 0 Å². The Hall–Kier alpha value is -3.11. The van der Waals surface area contributed by atoms with Gasteiger partial charge >= 0.3 is 0 Å². The second kappa shape index (κ2) is 9.63. The molecule has 7 nitrogen and oxygen atoms in total. The number of rotatable bonds is 7. The van der Waals surface area contributed by atoms with E-state index in [-0.39, 0.29) is 16.4 Å². The maximum Gasteiger partial charge on any atom is 0.264 e. The second-order valence-corrected chi connectivity index (χ2v) is 10.8. The second-order valence-electron chi connectivity index (χ2n) is 7.93. The molecule has 34 heavy (non-hydrogen) atoms. The number of nitrogens with zero attached hydrogens (tertiary/aromatic N) is 3. The van der Waals surface area contributed by atoms with Crippen LogP contribution in [0.4, 0.5) is 5.13 Å². The lowest BCUT2D eigenvalue weighted by Gasteiger charge is -2.21. The summed E-state index contributed by atoms with van der Waals surface area (Å²) in [4.78, 5) is 24.9. The number of anilines is 1. The van der Waals surface area contributed by atoms with Gasteiger partial charge in [0.05, 0.1) is 28.8 Å². The van der Waals surface area contributed by atoms with E-state index in [0.717, 1.165) is 31.4 Å². The molecule has 0 spiro atoms. The number of carbonyl (C=O) groups excluding carboxylic acids is 1. The Morgan fingerprint density at radius 2 is 1.76 bits per heavy atom. The molecule has 0 aliphatic carbocycles.